The highest BCUT2D eigenvalue weighted by Gasteiger charge is 2.25. The lowest BCUT2D eigenvalue weighted by atomic mass is 10.1. The third-order valence-corrected chi connectivity index (χ3v) is 1.35. The molecule has 0 nitrogen and oxygen atoms in total. The summed E-state index contributed by atoms with van der Waals surface area (Å²) in [6.07, 6.45) is -4.62. The highest BCUT2D eigenvalue weighted by molar-refractivity contribution is 4.72. The molecular weight excluding hydrogens is 141 g/mol. The summed E-state index contributed by atoms with van der Waals surface area (Å²) in [5, 5.41) is 0. The van der Waals surface area contributed by atoms with E-state index >= 15 is 0 Å². The zero-order valence-electron chi connectivity index (χ0n) is 6.28. The van der Waals surface area contributed by atoms with E-state index in [0.717, 1.165) is 6.92 Å². The minimum absolute atomic E-state index is 0.107. The Labute approximate surface area is 59.4 Å². The topological polar surface area (TPSA) is 0 Å². The van der Waals surface area contributed by atoms with Gasteiger partial charge in [0.05, 0.1) is 0 Å². The zero-order valence-corrected chi connectivity index (χ0v) is 6.28. The molecule has 0 N–H and O–H groups in total. The van der Waals surface area contributed by atoms with Crippen LogP contribution in [0.25, 0.3) is 0 Å². The van der Waals surface area contributed by atoms with E-state index in [2.05, 4.69) is 0 Å². The summed E-state index contributed by atoms with van der Waals surface area (Å²) in [6, 6.07) is 0. The van der Waals surface area contributed by atoms with Crippen LogP contribution in [-0.4, -0.2) is 18.5 Å². The summed E-state index contributed by atoms with van der Waals surface area (Å²) < 4.78 is 36.8. The summed E-state index contributed by atoms with van der Waals surface area (Å²) in [7, 11) is 0. The fourth-order valence-electron chi connectivity index (χ4n) is 0.723. The molecule has 0 aromatic carbocycles. The Morgan fingerprint density at radius 2 is 1.70 bits per heavy atom. The molecule has 0 amide bonds. The van der Waals surface area contributed by atoms with Gasteiger partial charge in [-0.3, -0.25) is 0 Å². The summed E-state index contributed by atoms with van der Waals surface area (Å²) in [5.41, 5.74) is 0. The molecule has 0 aromatic rings. The lowest BCUT2D eigenvalue weighted by molar-refractivity contribution is 0.0860. The van der Waals surface area contributed by atoms with Crippen molar-refractivity contribution in [3.05, 3.63) is 0 Å². The van der Waals surface area contributed by atoms with E-state index in [1.165, 1.54) is 0 Å². The summed E-state index contributed by atoms with van der Waals surface area (Å²) in [4.78, 5) is 0. The van der Waals surface area contributed by atoms with Gasteiger partial charge in [-0.1, -0.05) is 13.3 Å². The molecule has 0 aliphatic carbocycles. The minimum atomic E-state index is -1.94. The van der Waals surface area contributed by atoms with E-state index in [0.29, 0.717) is 6.42 Å². The molecule has 62 valence electrons. The first-order valence-corrected chi connectivity index (χ1v) is 3.51. The quantitative estimate of drug-likeness (QED) is 0.584. The molecule has 3 heteroatoms. The van der Waals surface area contributed by atoms with Gasteiger partial charge < -0.3 is 0 Å². The van der Waals surface area contributed by atoms with Crippen LogP contribution >= 0.6 is 0 Å². The molecule has 0 fully saturated rings. The van der Waals surface area contributed by atoms with Crippen LogP contribution < -0.4 is 0 Å². The van der Waals surface area contributed by atoms with E-state index in [1.54, 1.807) is 6.92 Å². The predicted octanol–water partition coefficient (Wildman–Crippen LogP) is 2.82. The maximum atomic E-state index is 12.4. The molecule has 0 saturated heterocycles. The lowest BCUT2D eigenvalue weighted by Crippen LogP contribution is -2.25. The standard InChI is InChI=1S/C7H13F3/c1-3-4-6(9)7(10)5(2)8/h5-7H,3-4H2,1-2H3/t5?,6?,7-/m0/s1. The predicted molar refractivity (Wildman–Crippen MR) is 35.3 cm³/mol. The van der Waals surface area contributed by atoms with Gasteiger partial charge in [-0.15, -0.1) is 0 Å². The smallest absolute Gasteiger partial charge is 0.162 e. The molecule has 0 aliphatic rings. The zero-order chi connectivity index (χ0) is 8.15. The van der Waals surface area contributed by atoms with Crippen LogP contribution in [0.15, 0.2) is 0 Å². The van der Waals surface area contributed by atoms with Gasteiger partial charge >= 0.3 is 0 Å². The molecule has 0 heterocycles. The van der Waals surface area contributed by atoms with E-state index in [9.17, 15) is 13.2 Å². The SMILES string of the molecule is CCCC(F)[C@@H](F)C(C)F. The van der Waals surface area contributed by atoms with E-state index in [4.69, 9.17) is 0 Å². The molecule has 3 atom stereocenters. The van der Waals surface area contributed by atoms with Gasteiger partial charge in [-0.05, 0) is 13.3 Å². The van der Waals surface area contributed by atoms with Crippen molar-refractivity contribution in [1.29, 1.82) is 0 Å². The minimum Gasteiger partial charge on any atom is -0.244 e. The van der Waals surface area contributed by atoms with Crippen LogP contribution in [0.5, 0.6) is 0 Å². The first-order valence-electron chi connectivity index (χ1n) is 3.51. The highest BCUT2D eigenvalue weighted by atomic mass is 19.2. The molecule has 0 saturated carbocycles. The van der Waals surface area contributed by atoms with Gasteiger partial charge in [0.15, 0.2) is 6.17 Å². The molecule has 0 spiro atoms. The van der Waals surface area contributed by atoms with Crippen LogP contribution in [0.2, 0.25) is 0 Å². The van der Waals surface area contributed by atoms with E-state index < -0.39 is 18.5 Å². The van der Waals surface area contributed by atoms with Crippen molar-refractivity contribution in [3.63, 3.8) is 0 Å². The van der Waals surface area contributed by atoms with Crippen LogP contribution in [-0.2, 0) is 0 Å². The van der Waals surface area contributed by atoms with Crippen LogP contribution in [0, 0.1) is 0 Å². The molecule has 0 rings (SSSR count). The molecule has 2 unspecified atom stereocenters. The molecule has 0 radical (unpaired) electrons. The normalized spacial score (nSPS) is 20.1. The third kappa shape index (κ3) is 3.08. The summed E-state index contributed by atoms with van der Waals surface area (Å²) >= 11 is 0. The third-order valence-electron chi connectivity index (χ3n) is 1.35. The summed E-state index contributed by atoms with van der Waals surface area (Å²) in [6.45, 7) is 2.77. The van der Waals surface area contributed by atoms with Crippen LogP contribution in [0.4, 0.5) is 13.2 Å². The molecule has 0 aromatic heterocycles. The van der Waals surface area contributed by atoms with Crippen molar-refractivity contribution in [2.45, 2.75) is 45.2 Å². The Kier molecular flexibility index (Phi) is 4.49. The van der Waals surface area contributed by atoms with Gasteiger partial charge in [0.2, 0.25) is 0 Å². The first kappa shape index (κ1) is 9.79. The molecule has 10 heavy (non-hydrogen) atoms. The highest BCUT2D eigenvalue weighted by Crippen LogP contribution is 2.15. The molecular formula is C7H13F3. The Morgan fingerprint density at radius 3 is 2.00 bits per heavy atom. The second kappa shape index (κ2) is 4.58. The number of hydrogen-bond donors (Lipinski definition) is 0. The maximum absolute atomic E-state index is 12.4. The largest absolute Gasteiger partial charge is 0.244 e. The fraction of sp³-hybridized carbons (Fsp3) is 1.00. The van der Waals surface area contributed by atoms with E-state index in [-0.39, 0.29) is 6.42 Å². The van der Waals surface area contributed by atoms with Crippen molar-refractivity contribution in [2.24, 2.45) is 0 Å². The van der Waals surface area contributed by atoms with Crippen molar-refractivity contribution in [3.8, 4) is 0 Å². The number of hydrogen-bond acceptors (Lipinski definition) is 0. The lowest BCUT2D eigenvalue weighted by Gasteiger charge is -2.12. The van der Waals surface area contributed by atoms with E-state index in [1.807, 2.05) is 0 Å². The van der Waals surface area contributed by atoms with Gasteiger partial charge in [-0.2, -0.15) is 0 Å². The summed E-state index contributed by atoms with van der Waals surface area (Å²) in [5.74, 6) is 0. The van der Waals surface area contributed by atoms with Crippen molar-refractivity contribution < 1.29 is 13.2 Å². The maximum Gasteiger partial charge on any atom is 0.162 e. The average molecular weight is 154 g/mol. The second-order valence-electron chi connectivity index (χ2n) is 2.43. The Balaban J connectivity index is 3.58. The number of rotatable bonds is 4. The van der Waals surface area contributed by atoms with Crippen molar-refractivity contribution >= 4 is 0 Å². The van der Waals surface area contributed by atoms with Crippen LogP contribution in [0.3, 0.4) is 0 Å². The van der Waals surface area contributed by atoms with Gasteiger partial charge in [0, 0.05) is 0 Å². The van der Waals surface area contributed by atoms with Crippen molar-refractivity contribution in [2.75, 3.05) is 0 Å². The molecule has 0 aliphatic heterocycles. The first-order chi connectivity index (χ1) is 4.59. The number of alkyl halides is 3. The van der Waals surface area contributed by atoms with Gasteiger partial charge in [0.1, 0.15) is 12.3 Å². The van der Waals surface area contributed by atoms with Crippen LogP contribution in [0.1, 0.15) is 26.7 Å². The van der Waals surface area contributed by atoms with Gasteiger partial charge in [0.25, 0.3) is 0 Å². The van der Waals surface area contributed by atoms with Gasteiger partial charge in [-0.25, -0.2) is 13.2 Å². The average Bonchev–Trinajstić information content (AvgIpc) is 1.87. The fourth-order valence-corrected chi connectivity index (χ4v) is 0.723. The second-order valence-corrected chi connectivity index (χ2v) is 2.43. The monoisotopic (exact) mass is 154 g/mol. The number of halogens is 3. The molecule has 0 bridgehead atoms. The Bertz CT molecular complexity index is 82.9. The van der Waals surface area contributed by atoms with Crippen molar-refractivity contribution in [1.82, 2.24) is 0 Å². The Morgan fingerprint density at radius 1 is 1.20 bits per heavy atom. The Hall–Kier alpha value is -0.210.